The van der Waals surface area contributed by atoms with Crippen LogP contribution in [0.2, 0.25) is 0 Å². The van der Waals surface area contributed by atoms with E-state index in [1.807, 2.05) is 28.8 Å². The Bertz CT molecular complexity index is 702. The van der Waals surface area contributed by atoms with E-state index < -0.39 is 5.97 Å². The average Bonchev–Trinajstić information content (AvgIpc) is 2.94. The van der Waals surface area contributed by atoms with Gasteiger partial charge in [-0.25, -0.2) is 9.78 Å². The number of carbonyl (C=O) groups is 2. The molecule has 0 fully saturated rings. The van der Waals surface area contributed by atoms with Crippen molar-refractivity contribution in [3.05, 3.63) is 36.4 Å². The summed E-state index contributed by atoms with van der Waals surface area (Å²) in [5, 5.41) is 8.54. The third kappa shape index (κ3) is 1.87. The van der Waals surface area contributed by atoms with Crippen LogP contribution in [0.1, 0.15) is 0 Å². The molecule has 1 aromatic carbocycles. The number of benzene rings is 1. The molecule has 0 aliphatic carbocycles. The molecule has 0 saturated heterocycles. The molecular weight excluding hydrogens is 246 g/mol. The van der Waals surface area contributed by atoms with Crippen molar-refractivity contribution in [3.8, 4) is 0 Å². The molecule has 0 atom stereocenters. The molecule has 6 nitrogen and oxygen atoms in total. The summed E-state index contributed by atoms with van der Waals surface area (Å²) in [4.78, 5) is 28.2. The van der Waals surface area contributed by atoms with E-state index in [-0.39, 0.29) is 5.91 Å². The molecule has 1 amide bonds. The van der Waals surface area contributed by atoms with E-state index in [2.05, 4.69) is 4.98 Å². The van der Waals surface area contributed by atoms with Gasteiger partial charge in [0.05, 0.1) is 11.0 Å². The van der Waals surface area contributed by atoms with Crippen LogP contribution >= 0.6 is 0 Å². The van der Waals surface area contributed by atoms with E-state index in [9.17, 15) is 9.59 Å². The monoisotopic (exact) mass is 257 g/mol. The van der Waals surface area contributed by atoms with Gasteiger partial charge >= 0.3 is 5.97 Å². The lowest BCUT2D eigenvalue weighted by molar-refractivity contribution is -0.131. The molecule has 0 radical (unpaired) electrons. The van der Waals surface area contributed by atoms with E-state index in [0.29, 0.717) is 19.0 Å². The molecule has 1 aliphatic rings. The summed E-state index contributed by atoms with van der Waals surface area (Å²) < 4.78 is 1.96. The highest BCUT2D eigenvalue weighted by Gasteiger charge is 2.26. The minimum atomic E-state index is -1.14. The standard InChI is InChI=1S/C13H11N3O3/c17-11(5-6-12(18)19)16-8-7-15-10-4-2-1-3-9(10)14-13(15)16/h1-6H,7-8H2,(H,18,19)/b6-5+. The fourth-order valence-electron chi connectivity index (χ4n) is 2.23. The lowest BCUT2D eigenvalue weighted by Gasteiger charge is -2.10. The van der Waals surface area contributed by atoms with Crippen molar-refractivity contribution in [2.24, 2.45) is 0 Å². The van der Waals surface area contributed by atoms with Crippen molar-refractivity contribution < 1.29 is 14.7 Å². The zero-order valence-electron chi connectivity index (χ0n) is 9.98. The number of imidazole rings is 1. The lowest BCUT2D eigenvalue weighted by atomic mass is 10.3. The van der Waals surface area contributed by atoms with Crippen molar-refractivity contribution in [1.82, 2.24) is 9.55 Å². The van der Waals surface area contributed by atoms with Crippen LogP contribution in [0.25, 0.3) is 11.0 Å². The number of aromatic nitrogens is 2. The number of amides is 1. The number of aliphatic carboxylic acids is 1. The number of carboxylic acid groups (broad SMARTS) is 1. The van der Waals surface area contributed by atoms with Crippen LogP contribution < -0.4 is 4.90 Å². The predicted molar refractivity (Wildman–Crippen MR) is 68.9 cm³/mol. The van der Waals surface area contributed by atoms with Crippen LogP contribution in [0.4, 0.5) is 5.95 Å². The Morgan fingerprint density at radius 2 is 2.00 bits per heavy atom. The van der Waals surface area contributed by atoms with Crippen molar-refractivity contribution in [2.75, 3.05) is 11.4 Å². The number of hydrogen-bond acceptors (Lipinski definition) is 3. The SMILES string of the molecule is O=C(O)/C=C/C(=O)N1CCn2c1nc1ccccc12. The van der Waals surface area contributed by atoms with Gasteiger partial charge in [-0.15, -0.1) is 0 Å². The minimum Gasteiger partial charge on any atom is -0.478 e. The van der Waals surface area contributed by atoms with Gasteiger partial charge in [-0.05, 0) is 12.1 Å². The van der Waals surface area contributed by atoms with E-state index >= 15 is 0 Å². The van der Waals surface area contributed by atoms with Crippen molar-refractivity contribution in [1.29, 1.82) is 0 Å². The molecular formula is C13H11N3O3. The first-order valence-corrected chi connectivity index (χ1v) is 5.84. The fourth-order valence-corrected chi connectivity index (χ4v) is 2.23. The normalized spacial score (nSPS) is 14.2. The molecule has 1 aliphatic heterocycles. The predicted octanol–water partition coefficient (Wildman–Crippen LogP) is 1.02. The van der Waals surface area contributed by atoms with Gasteiger partial charge in [0, 0.05) is 25.2 Å². The summed E-state index contributed by atoms with van der Waals surface area (Å²) in [6.07, 6.45) is 1.89. The molecule has 96 valence electrons. The maximum atomic E-state index is 11.9. The average molecular weight is 257 g/mol. The Morgan fingerprint density at radius 3 is 2.79 bits per heavy atom. The molecule has 19 heavy (non-hydrogen) atoms. The second-order valence-electron chi connectivity index (χ2n) is 4.21. The Balaban J connectivity index is 1.98. The Kier molecular flexibility index (Phi) is 2.56. The van der Waals surface area contributed by atoms with Gasteiger partial charge < -0.3 is 9.67 Å². The van der Waals surface area contributed by atoms with Crippen LogP contribution in [0.3, 0.4) is 0 Å². The summed E-state index contributed by atoms with van der Waals surface area (Å²) in [6.45, 7) is 1.18. The Morgan fingerprint density at radius 1 is 1.21 bits per heavy atom. The summed E-state index contributed by atoms with van der Waals surface area (Å²) in [7, 11) is 0. The molecule has 0 bridgehead atoms. The highest BCUT2D eigenvalue weighted by atomic mass is 16.4. The van der Waals surface area contributed by atoms with Crippen LogP contribution in [-0.2, 0) is 16.1 Å². The first-order chi connectivity index (χ1) is 9.16. The zero-order chi connectivity index (χ0) is 13.4. The quantitative estimate of drug-likeness (QED) is 0.815. The molecule has 2 aromatic rings. The highest BCUT2D eigenvalue weighted by molar-refractivity contribution is 6.04. The lowest BCUT2D eigenvalue weighted by Crippen LogP contribution is -2.27. The number of nitrogens with zero attached hydrogens (tertiary/aromatic N) is 3. The van der Waals surface area contributed by atoms with Gasteiger partial charge in [0.1, 0.15) is 0 Å². The van der Waals surface area contributed by atoms with Crippen molar-refractivity contribution >= 4 is 28.9 Å². The van der Waals surface area contributed by atoms with Gasteiger partial charge in [0.25, 0.3) is 5.91 Å². The molecule has 3 rings (SSSR count). The second-order valence-corrected chi connectivity index (χ2v) is 4.21. The van der Waals surface area contributed by atoms with Crippen LogP contribution in [-0.4, -0.2) is 33.1 Å². The molecule has 0 unspecified atom stereocenters. The Labute approximate surface area is 108 Å². The number of rotatable bonds is 2. The number of anilines is 1. The highest BCUT2D eigenvalue weighted by Crippen LogP contribution is 2.27. The molecule has 1 N–H and O–H groups in total. The first-order valence-electron chi connectivity index (χ1n) is 5.84. The van der Waals surface area contributed by atoms with Gasteiger partial charge in [-0.3, -0.25) is 9.69 Å². The molecule has 2 heterocycles. The largest absolute Gasteiger partial charge is 0.478 e. The van der Waals surface area contributed by atoms with Crippen LogP contribution in [0.15, 0.2) is 36.4 Å². The maximum Gasteiger partial charge on any atom is 0.328 e. The van der Waals surface area contributed by atoms with Crippen LogP contribution in [0, 0.1) is 0 Å². The number of carbonyl (C=O) groups excluding carboxylic acids is 1. The van der Waals surface area contributed by atoms with E-state index in [1.54, 1.807) is 0 Å². The van der Waals surface area contributed by atoms with Crippen molar-refractivity contribution in [3.63, 3.8) is 0 Å². The third-order valence-electron chi connectivity index (χ3n) is 3.06. The van der Waals surface area contributed by atoms with Crippen molar-refractivity contribution in [2.45, 2.75) is 6.54 Å². The first kappa shape index (κ1) is 11.5. The number of fused-ring (bicyclic) bond motifs is 3. The minimum absolute atomic E-state index is 0.364. The molecule has 0 saturated carbocycles. The Hall–Kier alpha value is -2.63. The smallest absolute Gasteiger partial charge is 0.328 e. The summed E-state index contributed by atoms with van der Waals surface area (Å²) in [5.41, 5.74) is 1.81. The summed E-state index contributed by atoms with van der Waals surface area (Å²) in [6, 6.07) is 7.65. The molecule has 1 aromatic heterocycles. The van der Waals surface area contributed by atoms with Gasteiger partial charge in [0.15, 0.2) is 0 Å². The second kappa shape index (κ2) is 4.24. The van der Waals surface area contributed by atoms with Crippen LogP contribution in [0.5, 0.6) is 0 Å². The molecule has 0 spiro atoms. The molecule has 6 heteroatoms. The van der Waals surface area contributed by atoms with E-state index in [1.165, 1.54) is 4.90 Å². The third-order valence-corrected chi connectivity index (χ3v) is 3.06. The van der Waals surface area contributed by atoms with Gasteiger partial charge in [0.2, 0.25) is 5.95 Å². The number of hydrogen-bond donors (Lipinski definition) is 1. The van der Waals surface area contributed by atoms with E-state index in [4.69, 9.17) is 5.11 Å². The number of carboxylic acids is 1. The maximum absolute atomic E-state index is 11.9. The number of para-hydroxylation sites is 2. The fraction of sp³-hybridized carbons (Fsp3) is 0.154. The summed E-state index contributed by atoms with van der Waals surface area (Å²) in [5.74, 6) is -0.932. The van der Waals surface area contributed by atoms with Gasteiger partial charge in [-0.1, -0.05) is 12.1 Å². The topological polar surface area (TPSA) is 75.4 Å². The summed E-state index contributed by atoms with van der Waals surface area (Å²) >= 11 is 0. The zero-order valence-corrected chi connectivity index (χ0v) is 9.98. The van der Waals surface area contributed by atoms with Gasteiger partial charge in [-0.2, -0.15) is 0 Å². The van der Waals surface area contributed by atoms with E-state index in [0.717, 1.165) is 23.2 Å².